The molecule has 0 bridgehead atoms. The normalized spacial score (nSPS) is 12.1. The highest BCUT2D eigenvalue weighted by molar-refractivity contribution is 7.09. The monoisotopic (exact) mass is 391 g/mol. The third kappa shape index (κ3) is 4.66. The standard InChI is InChI=1S/C19H18ClNO4S/c20-15-5-3-13(4-6-15)14(10-22)11-25-16-7-1-12(2-8-16)9-17-18(23)21-19(24)26-17/h1-8,14,22-23H,9-11H2,(H,21,24). The van der Waals surface area contributed by atoms with Crippen molar-refractivity contribution in [3.05, 3.63) is 79.2 Å². The molecule has 1 aromatic heterocycles. The average Bonchev–Trinajstić information content (AvgIpc) is 2.95. The third-order valence-electron chi connectivity index (χ3n) is 4.00. The van der Waals surface area contributed by atoms with Gasteiger partial charge >= 0.3 is 4.87 Å². The number of hydrogen-bond donors (Lipinski definition) is 3. The van der Waals surface area contributed by atoms with Crippen LogP contribution in [0.4, 0.5) is 0 Å². The van der Waals surface area contributed by atoms with E-state index >= 15 is 0 Å². The fourth-order valence-electron chi connectivity index (χ4n) is 2.55. The Labute approximate surface area is 159 Å². The molecule has 1 heterocycles. The highest BCUT2D eigenvalue weighted by Gasteiger charge is 2.12. The number of halogens is 1. The first kappa shape index (κ1) is 18.5. The Balaban J connectivity index is 1.60. The van der Waals surface area contributed by atoms with Gasteiger partial charge in [0.2, 0.25) is 5.88 Å². The molecule has 0 aliphatic carbocycles. The number of ether oxygens (including phenoxy) is 1. The van der Waals surface area contributed by atoms with Gasteiger partial charge in [-0.3, -0.25) is 9.78 Å². The van der Waals surface area contributed by atoms with Gasteiger partial charge in [-0.1, -0.05) is 47.2 Å². The molecule has 26 heavy (non-hydrogen) atoms. The van der Waals surface area contributed by atoms with Crippen molar-refractivity contribution in [3.63, 3.8) is 0 Å². The molecule has 7 heteroatoms. The number of aromatic hydroxyl groups is 1. The minimum absolute atomic E-state index is 0.0224. The minimum Gasteiger partial charge on any atom is -0.494 e. The van der Waals surface area contributed by atoms with E-state index in [-0.39, 0.29) is 23.3 Å². The highest BCUT2D eigenvalue weighted by Crippen LogP contribution is 2.23. The Morgan fingerprint density at radius 3 is 2.38 bits per heavy atom. The summed E-state index contributed by atoms with van der Waals surface area (Å²) in [7, 11) is 0. The molecule has 5 nitrogen and oxygen atoms in total. The van der Waals surface area contributed by atoms with Gasteiger partial charge in [0.1, 0.15) is 5.75 Å². The third-order valence-corrected chi connectivity index (χ3v) is 5.13. The second-order valence-electron chi connectivity index (χ2n) is 5.85. The quantitative estimate of drug-likeness (QED) is 0.575. The number of hydrogen-bond acceptors (Lipinski definition) is 5. The van der Waals surface area contributed by atoms with E-state index in [1.807, 2.05) is 36.4 Å². The first-order valence-corrected chi connectivity index (χ1v) is 9.23. The van der Waals surface area contributed by atoms with Gasteiger partial charge in [-0.05, 0) is 35.4 Å². The summed E-state index contributed by atoms with van der Waals surface area (Å²) in [5.74, 6) is 0.475. The number of H-pyrrole nitrogens is 1. The Morgan fingerprint density at radius 1 is 1.12 bits per heavy atom. The van der Waals surface area contributed by atoms with E-state index in [1.165, 1.54) is 0 Å². The largest absolute Gasteiger partial charge is 0.494 e. The zero-order chi connectivity index (χ0) is 18.5. The molecule has 0 fully saturated rings. The fourth-order valence-corrected chi connectivity index (χ4v) is 3.43. The topological polar surface area (TPSA) is 82.6 Å². The predicted molar refractivity (Wildman–Crippen MR) is 103 cm³/mol. The summed E-state index contributed by atoms with van der Waals surface area (Å²) in [6.45, 7) is 0.323. The van der Waals surface area contributed by atoms with E-state index in [0.717, 1.165) is 22.5 Å². The molecular formula is C19H18ClNO4S. The van der Waals surface area contributed by atoms with Gasteiger partial charge in [0.05, 0.1) is 18.1 Å². The maximum atomic E-state index is 11.2. The van der Waals surface area contributed by atoms with Gasteiger partial charge in [-0.15, -0.1) is 0 Å². The lowest BCUT2D eigenvalue weighted by atomic mass is 10.0. The number of benzene rings is 2. The summed E-state index contributed by atoms with van der Waals surface area (Å²) in [5.41, 5.74) is 1.92. The van der Waals surface area contributed by atoms with E-state index in [2.05, 4.69) is 4.98 Å². The van der Waals surface area contributed by atoms with Crippen LogP contribution in [-0.4, -0.2) is 28.4 Å². The number of aromatic amines is 1. The van der Waals surface area contributed by atoms with Crippen molar-refractivity contribution in [1.82, 2.24) is 4.98 Å². The second-order valence-corrected chi connectivity index (χ2v) is 7.35. The van der Waals surface area contributed by atoms with Crippen LogP contribution in [0, 0.1) is 0 Å². The first-order valence-electron chi connectivity index (χ1n) is 8.04. The molecule has 136 valence electrons. The summed E-state index contributed by atoms with van der Waals surface area (Å²) in [5, 5.41) is 19.9. The average molecular weight is 392 g/mol. The minimum atomic E-state index is -0.269. The van der Waals surface area contributed by atoms with E-state index < -0.39 is 0 Å². The Kier molecular flexibility index (Phi) is 5.98. The summed E-state index contributed by atoms with van der Waals surface area (Å²) in [6.07, 6.45) is 0.472. The number of aliphatic hydroxyl groups excluding tert-OH is 1. The number of aromatic nitrogens is 1. The van der Waals surface area contributed by atoms with Crippen LogP contribution in [-0.2, 0) is 6.42 Å². The molecule has 1 atom stereocenters. The van der Waals surface area contributed by atoms with Crippen LogP contribution in [0.25, 0.3) is 0 Å². The lowest BCUT2D eigenvalue weighted by Gasteiger charge is -2.16. The van der Waals surface area contributed by atoms with Crippen LogP contribution in [0.15, 0.2) is 53.3 Å². The Bertz CT molecular complexity index is 903. The SMILES string of the molecule is O=c1[nH]c(O)c(Cc2ccc(OCC(CO)c3ccc(Cl)cc3)cc2)s1. The molecule has 0 radical (unpaired) electrons. The van der Waals surface area contributed by atoms with Gasteiger partial charge in [-0.2, -0.15) is 0 Å². The molecule has 3 rings (SSSR count). The van der Waals surface area contributed by atoms with Crippen LogP contribution < -0.4 is 9.61 Å². The van der Waals surface area contributed by atoms with Crippen molar-refractivity contribution in [1.29, 1.82) is 0 Å². The van der Waals surface area contributed by atoms with E-state index in [9.17, 15) is 15.0 Å². The maximum Gasteiger partial charge on any atom is 0.307 e. The summed E-state index contributed by atoms with van der Waals surface area (Å²) < 4.78 is 5.78. The highest BCUT2D eigenvalue weighted by atomic mass is 35.5. The summed E-state index contributed by atoms with van der Waals surface area (Å²) >= 11 is 6.89. The van der Waals surface area contributed by atoms with Crippen molar-refractivity contribution >= 4 is 22.9 Å². The molecule has 0 spiro atoms. The van der Waals surface area contributed by atoms with E-state index in [4.69, 9.17) is 16.3 Å². The second kappa shape index (κ2) is 8.40. The van der Waals surface area contributed by atoms with Gasteiger partial charge in [-0.25, -0.2) is 0 Å². The van der Waals surface area contributed by atoms with Gasteiger partial charge in [0.25, 0.3) is 0 Å². The molecule has 0 aliphatic heterocycles. The first-order chi connectivity index (χ1) is 12.5. The molecule has 0 aliphatic rings. The van der Waals surface area contributed by atoms with Gasteiger partial charge < -0.3 is 14.9 Å². The zero-order valence-corrected chi connectivity index (χ0v) is 15.4. The van der Waals surface area contributed by atoms with Crippen molar-refractivity contribution in [3.8, 4) is 11.6 Å². The molecule has 3 N–H and O–H groups in total. The molecule has 0 saturated heterocycles. The van der Waals surface area contributed by atoms with Crippen molar-refractivity contribution in [2.24, 2.45) is 0 Å². The fraction of sp³-hybridized carbons (Fsp3) is 0.211. The van der Waals surface area contributed by atoms with Crippen molar-refractivity contribution in [2.75, 3.05) is 13.2 Å². The summed E-state index contributed by atoms with van der Waals surface area (Å²) in [6, 6.07) is 14.8. The predicted octanol–water partition coefficient (Wildman–Crippen LogP) is 3.54. The maximum absolute atomic E-state index is 11.2. The molecule has 0 amide bonds. The van der Waals surface area contributed by atoms with Crippen molar-refractivity contribution in [2.45, 2.75) is 12.3 Å². The van der Waals surface area contributed by atoms with Crippen LogP contribution in [0.3, 0.4) is 0 Å². The van der Waals surface area contributed by atoms with Crippen LogP contribution in [0.2, 0.25) is 5.02 Å². The van der Waals surface area contributed by atoms with Crippen molar-refractivity contribution < 1.29 is 14.9 Å². The number of rotatable bonds is 7. The van der Waals surface area contributed by atoms with Crippen LogP contribution in [0.1, 0.15) is 21.9 Å². The molecular weight excluding hydrogens is 374 g/mol. The van der Waals surface area contributed by atoms with E-state index in [0.29, 0.717) is 28.7 Å². The molecule has 1 unspecified atom stereocenters. The Morgan fingerprint density at radius 2 is 1.81 bits per heavy atom. The summed E-state index contributed by atoms with van der Waals surface area (Å²) in [4.78, 5) is 13.9. The van der Waals surface area contributed by atoms with Crippen LogP contribution >= 0.6 is 22.9 Å². The molecule has 0 saturated carbocycles. The zero-order valence-electron chi connectivity index (χ0n) is 13.8. The number of nitrogens with one attached hydrogen (secondary N) is 1. The van der Waals surface area contributed by atoms with Gasteiger partial charge in [0, 0.05) is 17.4 Å². The number of aliphatic hydroxyl groups is 1. The lowest BCUT2D eigenvalue weighted by Crippen LogP contribution is -2.14. The lowest BCUT2D eigenvalue weighted by molar-refractivity contribution is 0.205. The van der Waals surface area contributed by atoms with Gasteiger partial charge in [0.15, 0.2) is 0 Å². The molecule has 3 aromatic rings. The Hall–Kier alpha value is -2.28. The smallest absolute Gasteiger partial charge is 0.307 e. The molecule has 2 aromatic carbocycles. The number of thiazole rings is 1. The van der Waals surface area contributed by atoms with Crippen LogP contribution in [0.5, 0.6) is 11.6 Å². The van der Waals surface area contributed by atoms with E-state index in [1.54, 1.807) is 12.1 Å².